The second-order valence-electron chi connectivity index (χ2n) is 8.36. The number of amides is 2. The van der Waals surface area contributed by atoms with Crippen LogP contribution in [-0.2, 0) is 14.3 Å². The number of carbonyl (C=O) groups excluding carboxylic acids is 2. The number of halogens is 5. The molecule has 0 radical (unpaired) electrons. The van der Waals surface area contributed by atoms with Crippen LogP contribution in [-0.4, -0.2) is 55.0 Å². The van der Waals surface area contributed by atoms with Crippen molar-refractivity contribution in [3.05, 3.63) is 53.4 Å². The van der Waals surface area contributed by atoms with Crippen LogP contribution in [0.2, 0.25) is 0 Å². The predicted octanol–water partition coefficient (Wildman–Crippen LogP) is 3.56. The van der Waals surface area contributed by atoms with Gasteiger partial charge in [0.25, 0.3) is 11.8 Å². The van der Waals surface area contributed by atoms with Gasteiger partial charge in [0, 0.05) is 36.4 Å². The largest absolute Gasteiger partial charge is 0.488 e. The number of primary amides is 1. The number of anilines is 1. The molecule has 3 rings (SSSR count). The molecule has 2 aromatic rings. The molecule has 2 amide bonds. The van der Waals surface area contributed by atoms with Gasteiger partial charge >= 0.3 is 6.18 Å². The van der Waals surface area contributed by atoms with Crippen molar-refractivity contribution in [2.75, 3.05) is 25.6 Å². The zero-order chi connectivity index (χ0) is 26.8. The van der Waals surface area contributed by atoms with E-state index in [0.717, 1.165) is 25.1 Å². The van der Waals surface area contributed by atoms with Crippen molar-refractivity contribution in [3.8, 4) is 5.75 Å². The molecular weight excluding hydrogens is 493 g/mol. The van der Waals surface area contributed by atoms with Gasteiger partial charge in [0.05, 0.1) is 6.61 Å². The number of ether oxygens (including phenoxy) is 3. The van der Waals surface area contributed by atoms with E-state index < -0.39 is 58.9 Å². The van der Waals surface area contributed by atoms with E-state index >= 15 is 0 Å². The lowest BCUT2D eigenvalue weighted by atomic mass is 9.77. The normalized spacial score (nSPS) is 23.9. The Bertz CT molecular complexity index is 1150. The van der Waals surface area contributed by atoms with E-state index in [1.165, 1.54) is 26.3 Å². The molecule has 8 nitrogen and oxygen atoms in total. The van der Waals surface area contributed by atoms with Crippen LogP contribution in [0.4, 0.5) is 27.6 Å². The third-order valence-electron chi connectivity index (χ3n) is 6.18. The Morgan fingerprint density at radius 3 is 2.53 bits per heavy atom. The summed E-state index contributed by atoms with van der Waals surface area (Å²) in [5, 5.41) is 2.38. The molecule has 2 heterocycles. The van der Waals surface area contributed by atoms with Crippen molar-refractivity contribution in [1.82, 2.24) is 4.98 Å². The fourth-order valence-corrected chi connectivity index (χ4v) is 4.06. The number of hydrogen-bond acceptors (Lipinski definition) is 6. The number of benzene rings is 1. The maximum Gasteiger partial charge on any atom is 0.417 e. The zero-order valence-electron chi connectivity index (χ0n) is 19.5. The first-order valence-corrected chi connectivity index (χ1v) is 10.7. The summed E-state index contributed by atoms with van der Waals surface area (Å²) in [6.45, 7) is 1.73. The number of carbonyl (C=O) groups is 2. The molecule has 1 fully saturated rings. The molecule has 196 valence electrons. The Balaban J connectivity index is 2.07. The molecule has 1 aromatic carbocycles. The van der Waals surface area contributed by atoms with Crippen LogP contribution in [0.15, 0.2) is 30.5 Å². The van der Waals surface area contributed by atoms with Crippen molar-refractivity contribution in [2.45, 2.75) is 37.6 Å². The number of nitrogens with one attached hydrogen (secondary N) is 1. The Hall–Kier alpha value is -3.32. The molecule has 1 aromatic heterocycles. The Labute approximate surface area is 202 Å². The van der Waals surface area contributed by atoms with Crippen LogP contribution < -0.4 is 15.8 Å². The lowest BCUT2D eigenvalue weighted by Gasteiger charge is -2.32. The monoisotopic (exact) mass is 517 g/mol. The molecule has 0 aliphatic carbocycles. The number of pyridine rings is 1. The molecule has 13 heteroatoms. The second-order valence-corrected chi connectivity index (χ2v) is 8.36. The molecule has 1 saturated heterocycles. The van der Waals surface area contributed by atoms with Gasteiger partial charge in [-0.05, 0) is 25.1 Å². The third-order valence-corrected chi connectivity index (χ3v) is 6.18. The quantitative estimate of drug-likeness (QED) is 0.409. The summed E-state index contributed by atoms with van der Waals surface area (Å²) in [5.74, 6) is -8.09. The van der Waals surface area contributed by atoms with E-state index in [1.54, 1.807) is 0 Å². The zero-order valence-corrected chi connectivity index (χ0v) is 19.5. The Morgan fingerprint density at radius 1 is 1.22 bits per heavy atom. The van der Waals surface area contributed by atoms with Gasteiger partial charge in [-0.1, -0.05) is 13.0 Å². The van der Waals surface area contributed by atoms with Gasteiger partial charge in [0.2, 0.25) is 5.82 Å². The van der Waals surface area contributed by atoms with E-state index in [2.05, 4.69) is 10.3 Å². The van der Waals surface area contributed by atoms with Gasteiger partial charge in [-0.2, -0.15) is 17.6 Å². The molecule has 0 bridgehead atoms. The summed E-state index contributed by atoms with van der Waals surface area (Å²) >= 11 is 0. The van der Waals surface area contributed by atoms with E-state index in [-0.39, 0.29) is 30.2 Å². The van der Waals surface area contributed by atoms with Crippen LogP contribution in [0, 0.1) is 17.6 Å². The van der Waals surface area contributed by atoms with Gasteiger partial charge in [0.1, 0.15) is 18.4 Å². The predicted molar refractivity (Wildman–Crippen MR) is 116 cm³/mol. The number of methoxy groups -OCH3 is 1. The number of hydrogen-bond donors (Lipinski definition) is 2. The van der Waals surface area contributed by atoms with Gasteiger partial charge in [-0.3, -0.25) is 14.6 Å². The van der Waals surface area contributed by atoms with E-state index in [9.17, 15) is 31.5 Å². The molecular formula is C23H24F5N3O5. The van der Waals surface area contributed by atoms with E-state index in [0.29, 0.717) is 0 Å². The number of rotatable bonds is 8. The molecule has 1 aliphatic heterocycles. The summed E-state index contributed by atoms with van der Waals surface area (Å²) in [4.78, 5) is 28.3. The van der Waals surface area contributed by atoms with Crippen molar-refractivity contribution < 1.29 is 45.8 Å². The minimum Gasteiger partial charge on any atom is -0.488 e. The number of aromatic nitrogens is 1. The van der Waals surface area contributed by atoms with Crippen LogP contribution in [0.1, 0.15) is 35.8 Å². The Morgan fingerprint density at radius 2 is 1.92 bits per heavy atom. The fourth-order valence-electron chi connectivity index (χ4n) is 4.06. The van der Waals surface area contributed by atoms with Crippen LogP contribution in [0.3, 0.4) is 0 Å². The highest BCUT2D eigenvalue weighted by molar-refractivity contribution is 5.97. The summed E-state index contributed by atoms with van der Waals surface area (Å²) < 4.78 is 86.5. The van der Waals surface area contributed by atoms with Gasteiger partial charge < -0.3 is 25.3 Å². The van der Waals surface area contributed by atoms with Crippen LogP contribution >= 0.6 is 0 Å². The Kier molecular flexibility index (Phi) is 7.84. The summed E-state index contributed by atoms with van der Waals surface area (Å²) in [7, 11) is 1.34. The maximum absolute atomic E-state index is 14.7. The smallest absolute Gasteiger partial charge is 0.417 e. The van der Waals surface area contributed by atoms with Crippen molar-refractivity contribution in [2.24, 2.45) is 11.7 Å². The lowest BCUT2D eigenvalue weighted by molar-refractivity contribution is -0.272. The number of nitrogens with zero attached hydrogens (tertiary/aromatic N) is 1. The first kappa shape index (κ1) is 27.3. The molecule has 3 N–H and O–H groups in total. The standard InChI is InChI=1S/C23H24F5N3O5/c1-11-16(13-4-5-14(24)17(25)18(13)35-9-8-34-3)19(36-22(11,2)23(26,27)28)21(33)31-12-6-7-30-15(10-12)20(29)32/h4-7,10-11,16,19H,8-9H2,1-3H3,(H2,29,32)(H,30,31,33)/t11-,16-,19?,22+/m0/s1. The SMILES string of the molecule is COCCOc1c([C@H]2C(C(=O)Nc3ccnc(C(N)=O)c3)O[C@@](C)(C(F)(F)F)[C@H]2C)ccc(F)c1F. The van der Waals surface area contributed by atoms with Crippen molar-refractivity contribution >= 4 is 17.5 Å². The summed E-state index contributed by atoms with van der Waals surface area (Å²) in [5.41, 5.74) is 2.00. The minimum atomic E-state index is -4.91. The topological polar surface area (TPSA) is 113 Å². The molecule has 36 heavy (non-hydrogen) atoms. The van der Waals surface area contributed by atoms with Crippen molar-refractivity contribution in [1.29, 1.82) is 0 Å². The average molecular weight is 517 g/mol. The first-order chi connectivity index (χ1) is 16.8. The average Bonchev–Trinajstić information content (AvgIpc) is 3.09. The van der Waals surface area contributed by atoms with Gasteiger partial charge in [-0.15, -0.1) is 0 Å². The molecule has 4 atom stereocenters. The van der Waals surface area contributed by atoms with Gasteiger partial charge in [-0.25, -0.2) is 4.39 Å². The van der Waals surface area contributed by atoms with Gasteiger partial charge in [0.15, 0.2) is 17.2 Å². The first-order valence-electron chi connectivity index (χ1n) is 10.7. The highest BCUT2D eigenvalue weighted by atomic mass is 19.4. The highest BCUT2D eigenvalue weighted by Gasteiger charge is 2.65. The molecule has 1 aliphatic rings. The lowest BCUT2D eigenvalue weighted by Crippen LogP contribution is -2.47. The minimum absolute atomic E-state index is 0.0134. The number of nitrogens with two attached hydrogens (primary N) is 1. The molecule has 1 unspecified atom stereocenters. The van der Waals surface area contributed by atoms with Crippen LogP contribution in [0.5, 0.6) is 5.75 Å². The number of alkyl halides is 3. The molecule has 0 saturated carbocycles. The molecule has 0 spiro atoms. The summed E-state index contributed by atoms with van der Waals surface area (Å²) in [6.07, 6.45) is -5.54. The highest BCUT2D eigenvalue weighted by Crippen LogP contribution is 2.55. The van der Waals surface area contributed by atoms with E-state index in [1.807, 2.05) is 0 Å². The van der Waals surface area contributed by atoms with Crippen molar-refractivity contribution in [3.63, 3.8) is 0 Å². The van der Waals surface area contributed by atoms with E-state index in [4.69, 9.17) is 19.9 Å². The fraction of sp³-hybridized carbons (Fsp3) is 0.435. The summed E-state index contributed by atoms with van der Waals surface area (Å²) in [6, 6.07) is 4.22. The van der Waals surface area contributed by atoms with Crippen LogP contribution in [0.25, 0.3) is 0 Å². The maximum atomic E-state index is 14.7. The third kappa shape index (κ3) is 5.12. The second kappa shape index (κ2) is 10.3.